The molecule has 0 saturated heterocycles. The number of nitrogens with one attached hydrogen (secondary N) is 3. The van der Waals surface area contributed by atoms with Gasteiger partial charge in [-0.25, -0.2) is 0 Å². The number of anilines is 3. The number of hydrogen-bond donors (Lipinski definition) is 3. The van der Waals surface area contributed by atoms with Gasteiger partial charge in [0.05, 0.1) is 37.6 Å². The summed E-state index contributed by atoms with van der Waals surface area (Å²) >= 11 is 0. The summed E-state index contributed by atoms with van der Waals surface area (Å²) in [6.07, 6.45) is 0.741. The van der Waals surface area contributed by atoms with Crippen molar-refractivity contribution in [1.29, 1.82) is 5.26 Å². The highest BCUT2D eigenvalue weighted by Gasteiger charge is 2.40. The molecular formula is C24H21N5O5. The fraction of sp³-hybridized carbons (Fsp3) is 0.250. The van der Waals surface area contributed by atoms with E-state index >= 15 is 0 Å². The van der Waals surface area contributed by atoms with Gasteiger partial charge in [-0.15, -0.1) is 0 Å². The quantitative estimate of drug-likeness (QED) is 0.541. The molecule has 2 aromatic carbocycles. The second-order valence-electron chi connectivity index (χ2n) is 7.83. The van der Waals surface area contributed by atoms with Gasteiger partial charge in [0.1, 0.15) is 17.5 Å². The van der Waals surface area contributed by atoms with Crippen molar-refractivity contribution in [3.63, 3.8) is 0 Å². The van der Waals surface area contributed by atoms with E-state index in [9.17, 15) is 14.9 Å². The Morgan fingerprint density at radius 3 is 2.74 bits per heavy atom. The molecule has 0 saturated carbocycles. The minimum atomic E-state index is -1.12. The van der Waals surface area contributed by atoms with Crippen LogP contribution in [0.2, 0.25) is 0 Å². The highest BCUT2D eigenvalue weighted by atomic mass is 16.5. The molecule has 2 aliphatic rings. The molecule has 2 aliphatic heterocycles. The van der Waals surface area contributed by atoms with E-state index in [1.54, 1.807) is 36.4 Å². The van der Waals surface area contributed by atoms with Crippen LogP contribution in [-0.4, -0.2) is 36.2 Å². The molecule has 10 nitrogen and oxygen atoms in total. The third-order valence-corrected chi connectivity index (χ3v) is 5.75. The summed E-state index contributed by atoms with van der Waals surface area (Å²) in [4.78, 5) is 33.2. The fourth-order valence-electron chi connectivity index (χ4n) is 4.18. The summed E-state index contributed by atoms with van der Waals surface area (Å²) in [7, 11) is 1.53. The lowest BCUT2D eigenvalue weighted by Crippen LogP contribution is -2.38. The van der Waals surface area contributed by atoms with Gasteiger partial charge < -0.3 is 24.8 Å². The van der Waals surface area contributed by atoms with Gasteiger partial charge in [0, 0.05) is 12.3 Å². The van der Waals surface area contributed by atoms with Crippen LogP contribution in [0.25, 0.3) is 0 Å². The lowest BCUT2D eigenvalue weighted by atomic mass is 9.79. The first-order chi connectivity index (χ1) is 16.6. The zero-order chi connectivity index (χ0) is 23.7. The molecule has 1 amide bonds. The van der Waals surface area contributed by atoms with E-state index < -0.39 is 23.3 Å². The van der Waals surface area contributed by atoms with Gasteiger partial charge in [0.2, 0.25) is 11.9 Å². The summed E-state index contributed by atoms with van der Waals surface area (Å²) < 4.78 is 16.8. The molecule has 1 aromatic heterocycles. The second-order valence-corrected chi connectivity index (χ2v) is 7.83. The summed E-state index contributed by atoms with van der Waals surface area (Å²) in [6, 6.07) is 14.4. The number of amides is 1. The molecule has 5 rings (SSSR count). The van der Waals surface area contributed by atoms with Crippen molar-refractivity contribution in [2.45, 2.75) is 12.3 Å². The monoisotopic (exact) mass is 459 g/mol. The number of carbonyl (C=O) groups is 1. The standard InChI is InChI=1S/C24H21N5O5/c1-32-16-6-3-2-5-15(16)26-24-28-21-20(23(31)29-24)19(14(12-25)22(30)27-21)13-7-8-17-18(11-13)34-10-4-9-33-17/h2-3,5-8,11,14,19H,4,9-10H2,1H3,(H3,26,27,28,29,30,31). The minimum Gasteiger partial charge on any atom is -0.495 e. The van der Waals surface area contributed by atoms with Crippen LogP contribution < -0.4 is 30.4 Å². The first-order valence-electron chi connectivity index (χ1n) is 10.7. The lowest BCUT2D eigenvalue weighted by Gasteiger charge is -2.28. The molecule has 3 N–H and O–H groups in total. The summed E-state index contributed by atoms with van der Waals surface area (Å²) in [5.74, 6) is -0.613. The molecule has 172 valence electrons. The molecule has 3 heterocycles. The van der Waals surface area contributed by atoms with Gasteiger partial charge in [0.25, 0.3) is 5.56 Å². The zero-order valence-corrected chi connectivity index (χ0v) is 18.3. The van der Waals surface area contributed by atoms with Gasteiger partial charge in [-0.05, 0) is 29.8 Å². The molecule has 2 unspecified atom stereocenters. The van der Waals surface area contributed by atoms with E-state index in [-0.39, 0.29) is 17.3 Å². The largest absolute Gasteiger partial charge is 0.495 e. The molecule has 0 spiro atoms. The topological polar surface area (TPSA) is 138 Å². The SMILES string of the molecule is COc1ccccc1Nc1nc2c(c(=O)[nH]1)C(c1ccc3c(c1)OCCCO3)C(C#N)C(=O)N2. The van der Waals surface area contributed by atoms with E-state index in [0.717, 1.165) is 6.42 Å². The van der Waals surface area contributed by atoms with E-state index in [1.807, 2.05) is 12.1 Å². The number of aromatic nitrogens is 2. The van der Waals surface area contributed by atoms with E-state index in [0.29, 0.717) is 41.7 Å². The van der Waals surface area contributed by atoms with Crippen molar-refractivity contribution < 1.29 is 19.0 Å². The number of rotatable bonds is 4. The van der Waals surface area contributed by atoms with Crippen LogP contribution in [-0.2, 0) is 4.79 Å². The summed E-state index contributed by atoms with van der Waals surface area (Å²) in [5.41, 5.74) is 0.903. The molecule has 0 radical (unpaired) electrons. The number of fused-ring (bicyclic) bond motifs is 2. The maximum absolute atomic E-state index is 13.2. The van der Waals surface area contributed by atoms with Crippen molar-refractivity contribution in [2.75, 3.05) is 31.0 Å². The normalized spacial score (nSPS) is 18.6. The predicted molar refractivity (Wildman–Crippen MR) is 123 cm³/mol. The number of para-hydroxylation sites is 2. The number of benzene rings is 2. The number of hydrogen-bond acceptors (Lipinski definition) is 8. The first kappa shape index (κ1) is 21.3. The smallest absolute Gasteiger partial charge is 0.258 e. The number of carbonyl (C=O) groups excluding carboxylic acids is 1. The molecule has 0 aliphatic carbocycles. The van der Waals surface area contributed by atoms with Gasteiger partial charge in [-0.2, -0.15) is 10.2 Å². The van der Waals surface area contributed by atoms with E-state index in [2.05, 4.69) is 20.6 Å². The average molecular weight is 459 g/mol. The predicted octanol–water partition coefficient (Wildman–Crippen LogP) is 2.91. The number of nitriles is 1. The maximum Gasteiger partial charge on any atom is 0.258 e. The van der Waals surface area contributed by atoms with Crippen molar-refractivity contribution in [1.82, 2.24) is 9.97 Å². The summed E-state index contributed by atoms with van der Waals surface area (Å²) in [6.45, 7) is 1.02. The Balaban J connectivity index is 1.59. The Labute approximate surface area is 194 Å². The van der Waals surface area contributed by atoms with Crippen LogP contribution in [0.1, 0.15) is 23.5 Å². The van der Waals surface area contributed by atoms with Crippen LogP contribution >= 0.6 is 0 Å². The Morgan fingerprint density at radius 1 is 1.15 bits per heavy atom. The Bertz CT molecular complexity index is 1360. The molecule has 2 atom stereocenters. The van der Waals surface area contributed by atoms with Gasteiger partial charge in [-0.3, -0.25) is 14.6 Å². The van der Waals surface area contributed by atoms with Crippen molar-refractivity contribution >= 4 is 23.4 Å². The Hall–Kier alpha value is -4.52. The third kappa shape index (κ3) is 3.77. The molecule has 3 aromatic rings. The number of ether oxygens (including phenoxy) is 3. The van der Waals surface area contributed by atoms with Crippen LogP contribution in [0.15, 0.2) is 47.3 Å². The number of H-pyrrole nitrogens is 1. The minimum absolute atomic E-state index is 0.0924. The molecule has 10 heteroatoms. The second kappa shape index (κ2) is 8.78. The zero-order valence-electron chi connectivity index (χ0n) is 18.3. The number of nitrogens with zero attached hydrogens (tertiary/aromatic N) is 2. The van der Waals surface area contributed by atoms with Gasteiger partial charge >= 0.3 is 0 Å². The number of methoxy groups -OCH3 is 1. The van der Waals surface area contributed by atoms with E-state index in [1.165, 1.54) is 7.11 Å². The van der Waals surface area contributed by atoms with E-state index in [4.69, 9.17) is 14.2 Å². The molecular weight excluding hydrogens is 438 g/mol. The number of aromatic amines is 1. The van der Waals surface area contributed by atoms with Crippen molar-refractivity contribution in [2.24, 2.45) is 5.92 Å². The highest BCUT2D eigenvalue weighted by molar-refractivity contribution is 5.98. The van der Waals surface area contributed by atoms with Crippen LogP contribution in [0, 0.1) is 17.2 Å². The van der Waals surface area contributed by atoms with Gasteiger partial charge in [-0.1, -0.05) is 18.2 Å². The Morgan fingerprint density at radius 2 is 1.94 bits per heavy atom. The fourth-order valence-corrected chi connectivity index (χ4v) is 4.18. The molecule has 34 heavy (non-hydrogen) atoms. The van der Waals surface area contributed by atoms with Crippen LogP contribution in [0.5, 0.6) is 17.2 Å². The highest BCUT2D eigenvalue weighted by Crippen LogP contribution is 2.41. The Kier molecular flexibility index (Phi) is 5.51. The van der Waals surface area contributed by atoms with Crippen molar-refractivity contribution in [3.8, 4) is 23.3 Å². The average Bonchev–Trinajstić information content (AvgIpc) is 3.08. The third-order valence-electron chi connectivity index (χ3n) is 5.75. The maximum atomic E-state index is 13.2. The van der Waals surface area contributed by atoms with Crippen molar-refractivity contribution in [3.05, 3.63) is 63.9 Å². The van der Waals surface area contributed by atoms with Crippen LogP contribution in [0.3, 0.4) is 0 Å². The molecule has 0 bridgehead atoms. The lowest BCUT2D eigenvalue weighted by molar-refractivity contribution is -0.119. The van der Waals surface area contributed by atoms with Crippen LogP contribution in [0.4, 0.5) is 17.5 Å². The molecule has 0 fully saturated rings. The first-order valence-corrected chi connectivity index (χ1v) is 10.7. The van der Waals surface area contributed by atoms with Gasteiger partial charge in [0.15, 0.2) is 11.5 Å². The summed E-state index contributed by atoms with van der Waals surface area (Å²) in [5, 5.41) is 15.4.